The van der Waals surface area contributed by atoms with E-state index in [0.717, 1.165) is 43.8 Å². The van der Waals surface area contributed by atoms with Crippen LogP contribution in [0.1, 0.15) is 36.8 Å². The predicted octanol–water partition coefficient (Wildman–Crippen LogP) is 1.51. The Bertz CT molecular complexity index is 609. The lowest BCUT2D eigenvalue weighted by atomic mass is 10.1. The highest BCUT2D eigenvalue weighted by atomic mass is 16.5. The lowest BCUT2D eigenvalue weighted by molar-refractivity contribution is 0.182. The summed E-state index contributed by atoms with van der Waals surface area (Å²) in [4.78, 5) is 18.0. The van der Waals surface area contributed by atoms with Gasteiger partial charge in [0.05, 0.1) is 11.7 Å². The van der Waals surface area contributed by atoms with Crippen LogP contribution in [0.2, 0.25) is 0 Å². The van der Waals surface area contributed by atoms with Crippen LogP contribution in [-0.2, 0) is 6.54 Å². The number of nitrogens with zero attached hydrogens (tertiary/aromatic N) is 5. The second kappa shape index (κ2) is 6.59. The molecule has 1 atom stereocenters. The molecule has 8 nitrogen and oxygen atoms in total. The molecule has 0 bridgehead atoms. The zero-order valence-electron chi connectivity index (χ0n) is 12.6. The number of hydrogen-bond donors (Lipinski definition) is 1. The number of rotatable bonds is 5. The topological polar surface area (TPSA) is 89.1 Å². The lowest BCUT2D eigenvalue weighted by Crippen LogP contribution is -2.40. The summed E-state index contributed by atoms with van der Waals surface area (Å²) in [6, 6.07) is 1.85. The Balaban J connectivity index is 1.48. The zero-order chi connectivity index (χ0) is 15.4. The average Bonchev–Trinajstić information content (AvgIpc) is 3.23. The van der Waals surface area contributed by atoms with Gasteiger partial charge in [0, 0.05) is 25.7 Å². The molecule has 1 N–H and O–H groups in total. The molecule has 0 aliphatic carbocycles. The Kier molecular flexibility index (Phi) is 4.36. The first-order chi connectivity index (χ1) is 10.7. The summed E-state index contributed by atoms with van der Waals surface area (Å²) in [6.07, 6.45) is 5.89. The van der Waals surface area contributed by atoms with Gasteiger partial charge in [-0.05, 0) is 26.2 Å². The van der Waals surface area contributed by atoms with Crippen LogP contribution < -0.4 is 5.32 Å². The molecule has 22 heavy (non-hydrogen) atoms. The maximum atomic E-state index is 12.3. The third kappa shape index (κ3) is 3.26. The number of aromatic nitrogens is 4. The molecule has 0 aromatic carbocycles. The summed E-state index contributed by atoms with van der Waals surface area (Å²) >= 11 is 0. The molecule has 2 amide bonds. The highest BCUT2D eigenvalue weighted by molar-refractivity contribution is 5.74. The van der Waals surface area contributed by atoms with Crippen molar-refractivity contribution in [2.24, 2.45) is 0 Å². The van der Waals surface area contributed by atoms with Crippen LogP contribution >= 0.6 is 0 Å². The molecule has 8 heteroatoms. The molecule has 1 saturated heterocycles. The third-order valence-electron chi connectivity index (χ3n) is 3.80. The van der Waals surface area contributed by atoms with Crippen molar-refractivity contribution in [3.8, 4) is 0 Å². The van der Waals surface area contributed by atoms with Crippen LogP contribution in [0.15, 0.2) is 23.2 Å². The van der Waals surface area contributed by atoms with Gasteiger partial charge in [-0.25, -0.2) is 9.78 Å². The molecular formula is C14H20N6O2. The molecular weight excluding hydrogens is 284 g/mol. The Labute approximate surface area is 128 Å². The molecule has 2 aromatic heterocycles. The van der Waals surface area contributed by atoms with Crippen molar-refractivity contribution < 1.29 is 9.32 Å². The molecule has 0 spiro atoms. The standard InChI is InChI=1S/C14H20N6O2/c1-11-8-13(22-18-11)12-4-2-7-20(12)14(21)16-5-3-6-19-10-15-9-17-19/h8-10,12H,2-7H2,1H3,(H,16,21). The third-order valence-corrected chi connectivity index (χ3v) is 3.80. The Morgan fingerprint density at radius 3 is 3.18 bits per heavy atom. The summed E-state index contributed by atoms with van der Waals surface area (Å²) in [6.45, 7) is 3.98. The van der Waals surface area contributed by atoms with Crippen LogP contribution in [0.5, 0.6) is 0 Å². The fourth-order valence-corrected chi connectivity index (χ4v) is 2.73. The lowest BCUT2D eigenvalue weighted by Gasteiger charge is -2.23. The molecule has 3 rings (SSSR count). The average molecular weight is 304 g/mol. The number of urea groups is 1. The first-order valence-corrected chi connectivity index (χ1v) is 7.54. The SMILES string of the molecule is Cc1cc(C2CCCN2C(=O)NCCCn2cncn2)on1. The zero-order valence-corrected chi connectivity index (χ0v) is 12.6. The van der Waals surface area contributed by atoms with Crippen molar-refractivity contribution in [3.63, 3.8) is 0 Å². The van der Waals surface area contributed by atoms with E-state index in [0.29, 0.717) is 6.54 Å². The van der Waals surface area contributed by atoms with Crippen LogP contribution in [0.4, 0.5) is 4.79 Å². The van der Waals surface area contributed by atoms with Gasteiger partial charge in [0.15, 0.2) is 5.76 Å². The molecule has 3 heterocycles. The molecule has 2 aromatic rings. The summed E-state index contributed by atoms with van der Waals surface area (Å²) in [7, 11) is 0. The van der Waals surface area contributed by atoms with Crippen LogP contribution in [0.25, 0.3) is 0 Å². The fraction of sp³-hybridized carbons (Fsp3) is 0.571. The number of carbonyl (C=O) groups is 1. The largest absolute Gasteiger partial charge is 0.359 e. The second-order valence-electron chi connectivity index (χ2n) is 5.47. The molecule has 1 fully saturated rings. The first kappa shape index (κ1) is 14.6. The molecule has 1 unspecified atom stereocenters. The minimum absolute atomic E-state index is 0.00323. The Morgan fingerprint density at radius 1 is 1.55 bits per heavy atom. The minimum atomic E-state index is -0.0462. The number of hydrogen-bond acceptors (Lipinski definition) is 5. The van der Waals surface area contributed by atoms with Gasteiger partial charge in [-0.2, -0.15) is 5.10 Å². The van der Waals surface area contributed by atoms with E-state index in [2.05, 4.69) is 20.6 Å². The summed E-state index contributed by atoms with van der Waals surface area (Å²) in [5, 5.41) is 10.9. The van der Waals surface area contributed by atoms with Crippen molar-refractivity contribution in [1.82, 2.24) is 30.1 Å². The Hall–Kier alpha value is -2.38. The maximum Gasteiger partial charge on any atom is 0.318 e. The summed E-state index contributed by atoms with van der Waals surface area (Å²) in [5.41, 5.74) is 0.843. The van der Waals surface area contributed by atoms with E-state index in [-0.39, 0.29) is 12.1 Å². The molecule has 118 valence electrons. The summed E-state index contributed by atoms with van der Waals surface area (Å²) < 4.78 is 7.07. The quantitative estimate of drug-likeness (QED) is 0.846. The highest BCUT2D eigenvalue weighted by Crippen LogP contribution is 2.32. The number of carbonyl (C=O) groups excluding carboxylic acids is 1. The van der Waals surface area contributed by atoms with Crippen molar-refractivity contribution in [2.75, 3.05) is 13.1 Å². The van der Waals surface area contributed by atoms with Crippen molar-refractivity contribution in [1.29, 1.82) is 0 Å². The first-order valence-electron chi connectivity index (χ1n) is 7.54. The Morgan fingerprint density at radius 2 is 2.45 bits per heavy atom. The normalized spacial score (nSPS) is 17.9. The number of nitrogens with one attached hydrogen (secondary N) is 1. The van der Waals surface area contributed by atoms with Gasteiger partial charge in [-0.3, -0.25) is 4.68 Å². The van der Waals surface area contributed by atoms with Crippen LogP contribution in [0.3, 0.4) is 0 Å². The van der Waals surface area contributed by atoms with Gasteiger partial charge >= 0.3 is 6.03 Å². The van der Waals surface area contributed by atoms with Crippen molar-refractivity contribution >= 4 is 6.03 Å². The van der Waals surface area contributed by atoms with E-state index in [1.54, 1.807) is 11.0 Å². The highest BCUT2D eigenvalue weighted by Gasteiger charge is 2.32. The van der Waals surface area contributed by atoms with E-state index in [9.17, 15) is 4.79 Å². The van der Waals surface area contributed by atoms with E-state index < -0.39 is 0 Å². The molecule has 0 saturated carbocycles. The van der Waals surface area contributed by atoms with Gasteiger partial charge in [-0.1, -0.05) is 5.16 Å². The minimum Gasteiger partial charge on any atom is -0.359 e. The van der Waals surface area contributed by atoms with Gasteiger partial charge in [0.25, 0.3) is 0 Å². The number of likely N-dealkylation sites (tertiary alicyclic amines) is 1. The van der Waals surface area contributed by atoms with Gasteiger partial charge in [0.1, 0.15) is 12.7 Å². The van der Waals surface area contributed by atoms with E-state index in [1.807, 2.05) is 17.9 Å². The van der Waals surface area contributed by atoms with Crippen LogP contribution in [-0.4, -0.2) is 43.9 Å². The summed E-state index contributed by atoms with van der Waals surface area (Å²) in [5.74, 6) is 0.771. The molecule has 1 aliphatic rings. The van der Waals surface area contributed by atoms with Gasteiger partial charge < -0.3 is 14.7 Å². The molecule has 1 aliphatic heterocycles. The maximum absolute atomic E-state index is 12.3. The fourth-order valence-electron chi connectivity index (χ4n) is 2.73. The van der Waals surface area contributed by atoms with E-state index in [1.165, 1.54) is 6.33 Å². The molecule has 0 radical (unpaired) electrons. The van der Waals surface area contributed by atoms with Crippen LogP contribution in [0, 0.1) is 6.92 Å². The number of amides is 2. The van der Waals surface area contributed by atoms with Crippen molar-refractivity contribution in [3.05, 3.63) is 30.2 Å². The van der Waals surface area contributed by atoms with E-state index >= 15 is 0 Å². The van der Waals surface area contributed by atoms with E-state index in [4.69, 9.17) is 4.52 Å². The predicted molar refractivity (Wildman–Crippen MR) is 78.0 cm³/mol. The monoisotopic (exact) mass is 304 g/mol. The second-order valence-corrected chi connectivity index (χ2v) is 5.47. The number of aryl methyl sites for hydroxylation is 2. The van der Waals surface area contributed by atoms with Crippen molar-refractivity contribution in [2.45, 2.75) is 38.8 Å². The van der Waals surface area contributed by atoms with Gasteiger partial charge in [0.2, 0.25) is 0 Å². The smallest absolute Gasteiger partial charge is 0.318 e. The van der Waals surface area contributed by atoms with Gasteiger partial charge in [-0.15, -0.1) is 0 Å².